The second-order valence-electron chi connectivity index (χ2n) is 5.78. The van der Waals surface area contributed by atoms with Gasteiger partial charge in [-0.05, 0) is 38.9 Å². The molecule has 0 heterocycles. The summed E-state index contributed by atoms with van der Waals surface area (Å²) < 4.78 is 0. The van der Waals surface area contributed by atoms with E-state index in [4.69, 9.17) is 0 Å². The quantitative estimate of drug-likeness (QED) is 0.602. The number of hydrogen-bond donors (Lipinski definition) is 2. The Morgan fingerprint density at radius 1 is 1.25 bits per heavy atom. The summed E-state index contributed by atoms with van der Waals surface area (Å²) in [6.07, 6.45) is 0.921. The summed E-state index contributed by atoms with van der Waals surface area (Å²) in [6, 6.07) is 0. The van der Waals surface area contributed by atoms with Crippen molar-refractivity contribution >= 4 is 11.9 Å². The molecule has 0 aromatic carbocycles. The number of amides is 1. The topological polar surface area (TPSA) is 69.6 Å². The van der Waals surface area contributed by atoms with E-state index in [0.717, 1.165) is 26.1 Å². The van der Waals surface area contributed by atoms with E-state index in [0.29, 0.717) is 6.54 Å². The average Bonchev–Trinajstić information content (AvgIpc) is 2.38. The summed E-state index contributed by atoms with van der Waals surface area (Å²) in [5.41, 5.74) is -0.997. The van der Waals surface area contributed by atoms with Gasteiger partial charge in [0.2, 0.25) is 5.91 Å². The van der Waals surface area contributed by atoms with E-state index < -0.39 is 11.4 Å². The first-order valence-electron chi connectivity index (χ1n) is 7.50. The molecular weight excluding hydrogens is 256 g/mol. The van der Waals surface area contributed by atoms with E-state index >= 15 is 0 Å². The smallest absolute Gasteiger partial charge is 0.310 e. The van der Waals surface area contributed by atoms with Crippen molar-refractivity contribution in [3.8, 4) is 0 Å². The van der Waals surface area contributed by atoms with Crippen LogP contribution in [-0.2, 0) is 9.59 Å². The number of carboxylic acid groups (broad SMARTS) is 1. The molecule has 1 unspecified atom stereocenters. The monoisotopic (exact) mass is 286 g/mol. The van der Waals surface area contributed by atoms with Gasteiger partial charge in [0.25, 0.3) is 0 Å². The lowest BCUT2D eigenvalue weighted by Gasteiger charge is -2.28. The number of aliphatic carboxylic acids is 1. The largest absolute Gasteiger partial charge is 0.481 e. The van der Waals surface area contributed by atoms with Crippen molar-refractivity contribution in [2.24, 2.45) is 11.3 Å². The van der Waals surface area contributed by atoms with Gasteiger partial charge in [-0.1, -0.05) is 27.7 Å². The molecule has 0 aromatic rings. The SMILES string of the molecule is CCN(CC)CCCNC(=O)CC(C)(C(=O)O)C(C)C. The summed E-state index contributed by atoms with van der Waals surface area (Å²) in [5.74, 6) is -1.17. The lowest BCUT2D eigenvalue weighted by molar-refractivity contribution is -0.153. The van der Waals surface area contributed by atoms with Crippen LogP contribution in [0.3, 0.4) is 0 Å². The molecule has 0 bridgehead atoms. The lowest BCUT2D eigenvalue weighted by atomic mass is 9.76. The molecule has 118 valence electrons. The Kier molecular flexibility index (Phi) is 8.46. The fourth-order valence-electron chi connectivity index (χ4n) is 1.99. The van der Waals surface area contributed by atoms with Crippen molar-refractivity contribution in [1.82, 2.24) is 10.2 Å². The van der Waals surface area contributed by atoms with Gasteiger partial charge in [0.1, 0.15) is 0 Å². The van der Waals surface area contributed by atoms with Crippen molar-refractivity contribution in [3.05, 3.63) is 0 Å². The van der Waals surface area contributed by atoms with E-state index in [1.54, 1.807) is 6.92 Å². The van der Waals surface area contributed by atoms with Crippen molar-refractivity contribution in [1.29, 1.82) is 0 Å². The highest BCUT2D eigenvalue weighted by atomic mass is 16.4. The molecule has 0 radical (unpaired) electrons. The van der Waals surface area contributed by atoms with E-state index in [9.17, 15) is 14.7 Å². The van der Waals surface area contributed by atoms with Gasteiger partial charge in [-0.3, -0.25) is 9.59 Å². The van der Waals surface area contributed by atoms with Gasteiger partial charge >= 0.3 is 5.97 Å². The molecule has 0 fully saturated rings. The number of nitrogens with zero attached hydrogens (tertiary/aromatic N) is 1. The predicted octanol–water partition coefficient (Wildman–Crippen LogP) is 1.97. The van der Waals surface area contributed by atoms with Crippen LogP contribution < -0.4 is 5.32 Å². The molecule has 1 amide bonds. The third kappa shape index (κ3) is 5.90. The fourth-order valence-corrected chi connectivity index (χ4v) is 1.99. The van der Waals surface area contributed by atoms with Gasteiger partial charge in [-0.15, -0.1) is 0 Å². The standard InChI is InChI=1S/C15H30N2O3/c1-6-17(7-2)10-8-9-16-13(18)11-15(5,12(3)4)14(19)20/h12H,6-11H2,1-5H3,(H,16,18)(H,19,20). The third-order valence-electron chi connectivity index (χ3n) is 4.16. The minimum atomic E-state index is -0.997. The molecule has 0 spiro atoms. The molecule has 0 aliphatic heterocycles. The van der Waals surface area contributed by atoms with Gasteiger partial charge in [0.05, 0.1) is 5.41 Å². The van der Waals surface area contributed by atoms with Gasteiger partial charge in [0, 0.05) is 13.0 Å². The van der Waals surface area contributed by atoms with Crippen molar-refractivity contribution < 1.29 is 14.7 Å². The fraction of sp³-hybridized carbons (Fsp3) is 0.867. The molecule has 1 atom stereocenters. The number of rotatable bonds is 10. The summed E-state index contributed by atoms with van der Waals surface area (Å²) in [6.45, 7) is 13.1. The Morgan fingerprint density at radius 3 is 2.20 bits per heavy atom. The average molecular weight is 286 g/mol. The Bertz CT molecular complexity index is 314. The molecule has 0 rings (SSSR count). The normalized spacial score (nSPS) is 14.3. The van der Waals surface area contributed by atoms with Crippen LogP contribution in [-0.4, -0.2) is 48.1 Å². The van der Waals surface area contributed by atoms with E-state index in [-0.39, 0.29) is 18.2 Å². The Labute approximate surface area is 122 Å². The van der Waals surface area contributed by atoms with Crippen molar-refractivity contribution in [3.63, 3.8) is 0 Å². The van der Waals surface area contributed by atoms with Crippen molar-refractivity contribution in [2.45, 2.75) is 47.5 Å². The Morgan fingerprint density at radius 2 is 1.80 bits per heavy atom. The molecule has 0 aliphatic carbocycles. The van der Waals surface area contributed by atoms with E-state index in [1.807, 2.05) is 13.8 Å². The maximum Gasteiger partial charge on any atom is 0.310 e. The minimum absolute atomic E-state index is 0.0330. The lowest BCUT2D eigenvalue weighted by Crippen LogP contribution is -2.39. The molecule has 0 saturated heterocycles. The summed E-state index contributed by atoms with van der Waals surface area (Å²) in [5, 5.41) is 12.1. The molecular formula is C15H30N2O3. The molecule has 5 heteroatoms. The maximum atomic E-state index is 11.9. The van der Waals surface area contributed by atoms with Gasteiger partial charge < -0.3 is 15.3 Å². The minimum Gasteiger partial charge on any atom is -0.481 e. The summed E-state index contributed by atoms with van der Waals surface area (Å²) in [4.78, 5) is 25.5. The molecule has 20 heavy (non-hydrogen) atoms. The van der Waals surface area contributed by atoms with Crippen LogP contribution in [0.25, 0.3) is 0 Å². The van der Waals surface area contributed by atoms with Crippen LogP contribution >= 0.6 is 0 Å². The summed E-state index contributed by atoms with van der Waals surface area (Å²) >= 11 is 0. The number of carbonyl (C=O) groups excluding carboxylic acids is 1. The number of nitrogens with one attached hydrogen (secondary N) is 1. The van der Waals surface area contributed by atoms with E-state index in [1.165, 1.54) is 0 Å². The predicted molar refractivity (Wildman–Crippen MR) is 80.6 cm³/mol. The molecule has 5 nitrogen and oxygen atoms in total. The molecule has 0 saturated carbocycles. The van der Waals surface area contributed by atoms with Crippen molar-refractivity contribution in [2.75, 3.05) is 26.2 Å². The second-order valence-corrected chi connectivity index (χ2v) is 5.78. The van der Waals surface area contributed by atoms with Crippen LogP contribution in [0.4, 0.5) is 0 Å². The highest BCUT2D eigenvalue weighted by Gasteiger charge is 2.38. The number of carbonyl (C=O) groups is 2. The van der Waals surface area contributed by atoms with Crippen LogP contribution in [0.2, 0.25) is 0 Å². The highest BCUT2D eigenvalue weighted by Crippen LogP contribution is 2.31. The first kappa shape index (κ1) is 18.9. The van der Waals surface area contributed by atoms with E-state index in [2.05, 4.69) is 24.1 Å². The first-order valence-corrected chi connectivity index (χ1v) is 7.50. The zero-order valence-electron chi connectivity index (χ0n) is 13.5. The van der Waals surface area contributed by atoms with Crippen LogP contribution in [0, 0.1) is 11.3 Å². The highest BCUT2D eigenvalue weighted by molar-refractivity contribution is 5.84. The number of hydrogen-bond acceptors (Lipinski definition) is 3. The van der Waals surface area contributed by atoms with Gasteiger partial charge in [-0.25, -0.2) is 0 Å². The second kappa shape index (κ2) is 8.95. The maximum absolute atomic E-state index is 11.9. The first-order chi connectivity index (χ1) is 9.27. The summed E-state index contributed by atoms with van der Waals surface area (Å²) in [7, 11) is 0. The zero-order valence-corrected chi connectivity index (χ0v) is 13.5. The zero-order chi connectivity index (χ0) is 15.8. The van der Waals surface area contributed by atoms with Crippen LogP contribution in [0.5, 0.6) is 0 Å². The van der Waals surface area contributed by atoms with Gasteiger partial charge in [-0.2, -0.15) is 0 Å². The van der Waals surface area contributed by atoms with Gasteiger partial charge in [0.15, 0.2) is 0 Å². The molecule has 0 aliphatic rings. The Balaban J connectivity index is 4.14. The molecule has 2 N–H and O–H groups in total. The number of carboxylic acids is 1. The van der Waals surface area contributed by atoms with Crippen LogP contribution in [0.1, 0.15) is 47.5 Å². The molecule has 0 aromatic heterocycles. The third-order valence-corrected chi connectivity index (χ3v) is 4.16. The van der Waals surface area contributed by atoms with Crippen LogP contribution in [0.15, 0.2) is 0 Å². The Hall–Kier alpha value is -1.10.